The van der Waals surface area contributed by atoms with E-state index in [1.54, 1.807) is 41.3 Å². The minimum atomic E-state index is -3.61. The summed E-state index contributed by atoms with van der Waals surface area (Å²) in [5, 5.41) is 0. The molecule has 0 radical (unpaired) electrons. The highest BCUT2D eigenvalue weighted by Gasteiger charge is 2.21. The third kappa shape index (κ3) is 4.87. The lowest BCUT2D eigenvalue weighted by Crippen LogP contribution is -2.30. The predicted molar refractivity (Wildman–Crippen MR) is 105 cm³/mol. The summed E-state index contributed by atoms with van der Waals surface area (Å²) in [6, 6.07) is 13.3. The van der Waals surface area contributed by atoms with Gasteiger partial charge in [-0.1, -0.05) is 12.1 Å². The van der Waals surface area contributed by atoms with Crippen LogP contribution in [0.2, 0.25) is 0 Å². The van der Waals surface area contributed by atoms with Gasteiger partial charge in [-0.3, -0.25) is 4.79 Å². The number of nitrogens with zero attached hydrogens (tertiary/aromatic N) is 2. The standard InChI is InChI=1S/C20H26N2O4S/c1-5-22(6-2)20(23)17-9-7-16(8-10-17)15-21(3)27(24,25)19-13-11-18(26-4)12-14-19/h7-14H,5-6,15H2,1-4H3. The number of ether oxygens (including phenoxy) is 1. The molecule has 0 aliphatic heterocycles. The van der Waals surface area contributed by atoms with Gasteiger partial charge in [0.1, 0.15) is 5.75 Å². The van der Waals surface area contributed by atoms with Gasteiger partial charge < -0.3 is 9.64 Å². The fourth-order valence-electron chi connectivity index (χ4n) is 2.72. The number of carbonyl (C=O) groups excluding carboxylic acids is 1. The molecular formula is C20H26N2O4S. The highest BCUT2D eigenvalue weighted by Crippen LogP contribution is 2.20. The third-order valence-corrected chi connectivity index (χ3v) is 6.24. The maximum absolute atomic E-state index is 12.7. The van der Waals surface area contributed by atoms with Gasteiger partial charge in [0, 0.05) is 32.2 Å². The van der Waals surface area contributed by atoms with E-state index in [-0.39, 0.29) is 17.3 Å². The number of rotatable bonds is 8. The zero-order chi connectivity index (χ0) is 20.0. The molecule has 27 heavy (non-hydrogen) atoms. The van der Waals surface area contributed by atoms with Crippen LogP contribution in [0.5, 0.6) is 5.75 Å². The van der Waals surface area contributed by atoms with Crippen molar-refractivity contribution in [3.05, 3.63) is 59.7 Å². The second kappa shape index (κ2) is 9.01. The first-order valence-electron chi connectivity index (χ1n) is 8.82. The molecule has 146 valence electrons. The normalized spacial score (nSPS) is 11.4. The first kappa shape index (κ1) is 20.9. The number of methoxy groups -OCH3 is 1. The van der Waals surface area contributed by atoms with E-state index in [1.165, 1.54) is 30.6 Å². The molecule has 2 aromatic carbocycles. The van der Waals surface area contributed by atoms with Crippen molar-refractivity contribution in [3.8, 4) is 5.75 Å². The fraction of sp³-hybridized carbons (Fsp3) is 0.350. The number of hydrogen-bond acceptors (Lipinski definition) is 4. The second-order valence-electron chi connectivity index (χ2n) is 6.11. The van der Waals surface area contributed by atoms with Crippen molar-refractivity contribution in [2.24, 2.45) is 0 Å². The second-order valence-corrected chi connectivity index (χ2v) is 8.16. The maximum atomic E-state index is 12.7. The molecule has 2 rings (SSSR count). The summed E-state index contributed by atoms with van der Waals surface area (Å²) in [5.74, 6) is 0.579. The van der Waals surface area contributed by atoms with E-state index in [2.05, 4.69) is 0 Å². The average molecular weight is 391 g/mol. The van der Waals surface area contributed by atoms with E-state index >= 15 is 0 Å². The third-order valence-electron chi connectivity index (χ3n) is 4.42. The Labute approximate surface area is 161 Å². The lowest BCUT2D eigenvalue weighted by molar-refractivity contribution is 0.0773. The molecular weight excluding hydrogens is 364 g/mol. The van der Waals surface area contributed by atoms with Gasteiger partial charge >= 0.3 is 0 Å². The number of carbonyl (C=O) groups is 1. The molecule has 0 saturated heterocycles. The fourth-order valence-corrected chi connectivity index (χ4v) is 3.87. The van der Waals surface area contributed by atoms with Crippen LogP contribution in [0.1, 0.15) is 29.8 Å². The van der Waals surface area contributed by atoms with E-state index in [0.29, 0.717) is 24.4 Å². The highest BCUT2D eigenvalue weighted by atomic mass is 32.2. The van der Waals surface area contributed by atoms with Gasteiger partial charge in [0.2, 0.25) is 10.0 Å². The smallest absolute Gasteiger partial charge is 0.253 e. The van der Waals surface area contributed by atoms with Crippen molar-refractivity contribution in [1.82, 2.24) is 9.21 Å². The molecule has 0 atom stereocenters. The Kier molecular flexibility index (Phi) is 6.98. The Morgan fingerprint density at radius 1 is 0.963 bits per heavy atom. The zero-order valence-corrected chi connectivity index (χ0v) is 17.0. The number of amides is 1. The van der Waals surface area contributed by atoms with Gasteiger partial charge in [-0.05, 0) is 55.8 Å². The Hall–Kier alpha value is -2.38. The summed E-state index contributed by atoms with van der Waals surface area (Å²) in [5.41, 5.74) is 1.41. The Balaban J connectivity index is 2.12. The van der Waals surface area contributed by atoms with Crippen LogP contribution < -0.4 is 4.74 Å². The van der Waals surface area contributed by atoms with Gasteiger partial charge in [-0.15, -0.1) is 0 Å². The SMILES string of the molecule is CCN(CC)C(=O)c1ccc(CN(C)S(=O)(=O)c2ccc(OC)cc2)cc1. The van der Waals surface area contributed by atoms with Crippen LogP contribution in [0, 0.1) is 0 Å². The van der Waals surface area contributed by atoms with Crippen molar-refractivity contribution in [2.45, 2.75) is 25.3 Å². The van der Waals surface area contributed by atoms with Crippen molar-refractivity contribution in [2.75, 3.05) is 27.2 Å². The molecule has 0 aromatic heterocycles. The van der Waals surface area contributed by atoms with Gasteiger partial charge in [-0.25, -0.2) is 8.42 Å². The molecule has 1 amide bonds. The molecule has 0 aliphatic rings. The molecule has 0 unspecified atom stereocenters. The first-order chi connectivity index (χ1) is 12.8. The molecule has 0 saturated carbocycles. The van der Waals surface area contributed by atoms with Crippen LogP contribution in [-0.2, 0) is 16.6 Å². The molecule has 0 aliphatic carbocycles. The summed E-state index contributed by atoms with van der Waals surface area (Å²) in [6.07, 6.45) is 0. The molecule has 7 heteroatoms. The number of sulfonamides is 1. The zero-order valence-electron chi connectivity index (χ0n) is 16.2. The molecule has 0 spiro atoms. The molecule has 0 N–H and O–H groups in total. The topological polar surface area (TPSA) is 66.9 Å². The van der Waals surface area contributed by atoms with Crippen LogP contribution in [-0.4, -0.2) is 50.8 Å². The quantitative estimate of drug-likeness (QED) is 0.695. The van der Waals surface area contributed by atoms with E-state index in [4.69, 9.17) is 4.74 Å². The summed E-state index contributed by atoms with van der Waals surface area (Å²) >= 11 is 0. The van der Waals surface area contributed by atoms with Crippen molar-refractivity contribution >= 4 is 15.9 Å². The Bertz CT molecular complexity index is 858. The van der Waals surface area contributed by atoms with Crippen LogP contribution in [0.25, 0.3) is 0 Å². The highest BCUT2D eigenvalue weighted by molar-refractivity contribution is 7.89. The van der Waals surface area contributed by atoms with Crippen LogP contribution in [0.4, 0.5) is 0 Å². The van der Waals surface area contributed by atoms with Gasteiger partial charge in [-0.2, -0.15) is 4.31 Å². The summed E-state index contributed by atoms with van der Waals surface area (Å²) in [4.78, 5) is 14.3. The van der Waals surface area contributed by atoms with E-state index in [0.717, 1.165) is 5.56 Å². The van der Waals surface area contributed by atoms with Gasteiger partial charge in [0.05, 0.1) is 12.0 Å². The minimum Gasteiger partial charge on any atom is -0.497 e. The van der Waals surface area contributed by atoms with Gasteiger partial charge in [0.15, 0.2) is 0 Å². The summed E-state index contributed by atoms with van der Waals surface area (Å²) in [6.45, 7) is 5.40. The number of benzene rings is 2. The Morgan fingerprint density at radius 2 is 1.52 bits per heavy atom. The molecule has 0 bridgehead atoms. The Morgan fingerprint density at radius 3 is 2.00 bits per heavy atom. The largest absolute Gasteiger partial charge is 0.497 e. The van der Waals surface area contributed by atoms with E-state index in [1.807, 2.05) is 13.8 Å². The lowest BCUT2D eigenvalue weighted by atomic mass is 10.1. The summed E-state index contributed by atoms with van der Waals surface area (Å²) < 4.78 is 31.8. The first-order valence-corrected chi connectivity index (χ1v) is 10.3. The van der Waals surface area contributed by atoms with E-state index < -0.39 is 10.0 Å². The molecule has 2 aromatic rings. The lowest BCUT2D eigenvalue weighted by Gasteiger charge is -2.19. The monoisotopic (exact) mass is 390 g/mol. The molecule has 6 nitrogen and oxygen atoms in total. The van der Waals surface area contributed by atoms with Crippen molar-refractivity contribution < 1.29 is 17.9 Å². The number of hydrogen-bond donors (Lipinski definition) is 0. The minimum absolute atomic E-state index is 0.0224. The van der Waals surface area contributed by atoms with E-state index in [9.17, 15) is 13.2 Å². The molecule has 0 heterocycles. The van der Waals surface area contributed by atoms with Crippen molar-refractivity contribution in [1.29, 1.82) is 0 Å². The molecule has 0 fully saturated rings. The maximum Gasteiger partial charge on any atom is 0.253 e. The average Bonchev–Trinajstić information content (AvgIpc) is 2.69. The predicted octanol–water partition coefficient (Wildman–Crippen LogP) is 3.00. The van der Waals surface area contributed by atoms with Gasteiger partial charge in [0.25, 0.3) is 5.91 Å². The van der Waals surface area contributed by atoms with Crippen molar-refractivity contribution in [3.63, 3.8) is 0 Å². The van der Waals surface area contributed by atoms with Crippen LogP contribution in [0.3, 0.4) is 0 Å². The van der Waals surface area contributed by atoms with Crippen LogP contribution in [0.15, 0.2) is 53.4 Å². The summed E-state index contributed by atoms with van der Waals surface area (Å²) in [7, 11) is -0.539. The van der Waals surface area contributed by atoms with Crippen LogP contribution >= 0.6 is 0 Å².